The lowest BCUT2D eigenvalue weighted by Gasteiger charge is -2.11. The highest BCUT2D eigenvalue weighted by molar-refractivity contribution is 7.89. The van der Waals surface area contributed by atoms with Crippen LogP contribution in [0.4, 0.5) is 5.69 Å². The first kappa shape index (κ1) is 18.0. The van der Waals surface area contributed by atoms with E-state index in [1.165, 1.54) is 19.2 Å². The van der Waals surface area contributed by atoms with E-state index in [1.807, 2.05) is 19.1 Å². The predicted octanol–water partition coefficient (Wildman–Crippen LogP) is 2.23. The predicted molar refractivity (Wildman–Crippen MR) is 92.7 cm³/mol. The number of hydrogen-bond acceptors (Lipinski definition) is 4. The molecule has 0 aliphatic carbocycles. The molecule has 0 radical (unpaired) electrons. The number of para-hydroxylation sites is 1. The van der Waals surface area contributed by atoms with Crippen LogP contribution in [0.2, 0.25) is 0 Å². The van der Waals surface area contributed by atoms with E-state index in [4.69, 9.17) is 4.74 Å². The molecule has 7 heteroatoms. The Balaban J connectivity index is 2.03. The highest BCUT2D eigenvalue weighted by atomic mass is 32.2. The number of ether oxygens (including phenoxy) is 1. The van der Waals surface area contributed by atoms with Gasteiger partial charge in [-0.05, 0) is 49.2 Å². The fourth-order valence-electron chi connectivity index (χ4n) is 2.17. The maximum absolute atomic E-state index is 12.3. The summed E-state index contributed by atoms with van der Waals surface area (Å²) >= 11 is 0. The third kappa shape index (κ3) is 4.33. The Morgan fingerprint density at radius 2 is 1.79 bits per heavy atom. The van der Waals surface area contributed by atoms with Gasteiger partial charge in [0.05, 0.1) is 18.6 Å². The Morgan fingerprint density at radius 3 is 2.42 bits per heavy atom. The number of methoxy groups -OCH3 is 1. The molecule has 2 N–H and O–H groups in total. The van der Waals surface area contributed by atoms with Gasteiger partial charge in [0, 0.05) is 5.69 Å². The molecule has 6 nitrogen and oxygen atoms in total. The molecule has 0 fully saturated rings. The van der Waals surface area contributed by atoms with Crippen molar-refractivity contribution in [3.05, 3.63) is 53.6 Å². The molecule has 0 unspecified atom stereocenters. The second-order valence-corrected chi connectivity index (χ2v) is 7.09. The molecule has 0 aromatic heterocycles. The van der Waals surface area contributed by atoms with Gasteiger partial charge in [-0.15, -0.1) is 0 Å². The number of amides is 1. The van der Waals surface area contributed by atoms with Gasteiger partial charge in [0.25, 0.3) is 0 Å². The molecule has 0 aliphatic heterocycles. The lowest BCUT2D eigenvalue weighted by atomic mass is 10.2. The highest BCUT2D eigenvalue weighted by Gasteiger charge is 2.17. The van der Waals surface area contributed by atoms with Gasteiger partial charge in [-0.2, -0.15) is 0 Å². The van der Waals surface area contributed by atoms with E-state index < -0.39 is 15.9 Å². The molecular formula is C17H20N2O4S. The number of sulfonamides is 1. The van der Waals surface area contributed by atoms with Crippen LogP contribution in [-0.4, -0.2) is 28.0 Å². The van der Waals surface area contributed by atoms with Crippen molar-refractivity contribution in [2.24, 2.45) is 0 Å². The van der Waals surface area contributed by atoms with Crippen LogP contribution in [0.25, 0.3) is 0 Å². The number of anilines is 1. The fraction of sp³-hybridized carbons (Fsp3) is 0.235. The zero-order valence-electron chi connectivity index (χ0n) is 13.8. The second-order valence-electron chi connectivity index (χ2n) is 5.32. The van der Waals surface area contributed by atoms with Crippen LogP contribution in [0.1, 0.15) is 11.1 Å². The van der Waals surface area contributed by atoms with E-state index in [-0.39, 0.29) is 11.4 Å². The Hall–Kier alpha value is -2.38. The number of nitrogens with one attached hydrogen (secondary N) is 2. The Bertz CT molecular complexity index is 847. The van der Waals surface area contributed by atoms with Crippen LogP contribution in [0.3, 0.4) is 0 Å². The lowest BCUT2D eigenvalue weighted by Crippen LogP contribution is -2.33. The number of carbonyl (C=O) groups excluding carboxylic acids is 1. The average Bonchev–Trinajstić information content (AvgIpc) is 2.55. The Kier molecular flexibility index (Phi) is 5.58. The third-order valence-electron chi connectivity index (χ3n) is 3.52. The van der Waals surface area contributed by atoms with E-state index in [1.54, 1.807) is 25.1 Å². The molecule has 0 aliphatic rings. The van der Waals surface area contributed by atoms with Crippen molar-refractivity contribution >= 4 is 21.6 Å². The smallest absolute Gasteiger partial charge is 0.241 e. The summed E-state index contributed by atoms with van der Waals surface area (Å²) in [6, 6.07) is 11.8. The molecule has 0 atom stereocenters. The van der Waals surface area contributed by atoms with Gasteiger partial charge in [0.15, 0.2) is 0 Å². The van der Waals surface area contributed by atoms with Gasteiger partial charge in [-0.3, -0.25) is 4.79 Å². The number of aryl methyl sites for hydroxylation is 2. The average molecular weight is 348 g/mol. The van der Waals surface area contributed by atoms with Gasteiger partial charge in [-0.25, -0.2) is 13.1 Å². The molecule has 0 spiro atoms. The molecule has 0 heterocycles. The van der Waals surface area contributed by atoms with Crippen LogP contribution >= 0.6 is 0 Å². The minimum absolute atomic E-state index is 0.0875. The lowest BCUT2D eigenvalue weighted by molar-refractivity contribution is -0.115. The quantitative estimate of drug-likeness (QED) is 0.838. The summed E-state index contributed by atoms with van der Waals surface area (Å²) in [6.45, 7) is 3.27. The van der Waals surface area contributed by atoms with Crippen LogP contribution in [0.5, 0.6) is 5.75 Å². The molecule has 24 heavy (non-hydrogen) atoms. The van der Waals surface area contributed by atoms with Gasteiger partial charge >= 0.3 is 0 Å². The van der Waals surface area contributed by atoms with E-state index in [0.29, 0.717) is 17.0 Å². The Labute approximate surface area is 141 Å². The topological polar surface area (TPSA) is 84.5 Å². The first-order valence-corrected chi connectivity index (χ1v) is 8.81. The second kappa shape index (κ2) is 7.46. The van der Waals surface area contributed by atoms with E-state index >= 15 is 0 Å². The van der Waals surface area contributed by atoms with Crippen LogP contribution < -0.4 is 14.8 Å². The SMILES string of the molecule is COc1ccc(S(=O)(=O)NCC(=O)Nc2ccccc2C)cc1C. The minimum Gasteiger partial charge on any atom is -0.496 e. The normalized spacial score (nSPS) is 11.1. The van der Waals surface area contributed by atoms with Crippen LogP contribution in [0, 0.1) is 13.8 Å². The van der Waals surface area contributed by atoms with Crippen molar-refractivity contribution in [2.45, 2.75) is 18.7 Å². The van der Waals surface area contributed by atoms with E-state index in [2.05, 4.69) is 10.0 Å². The minimum atomic E-state index is -3.77. The number of carbonyl (C=O) groups is 1. The summed E-state index contributed by atoms with van der Waals surface area (Å²) in [5.74, 6) is 0.171. The molecule has 2 aromatic carbocycles. The molecule has 2 aromatic rings. The van der Waals surface area contributed by atoms with Gasteiger partial charge < -0.3 is 10.1 Å². The monoisotopic (exact) mass is 348 g/mol. The Morgan fingerprint density at radius 1 is 1.08 bits per heavy atom. The summed E-state index contributed by atoms with van der Waals surface area (Å²) in [7, 11) is -2.25. The zero-order chi connectivity index (χ0) is 17.7. The largest absolute Gasteiger partial charge is 0.496 e. The fourth-order valence-corrected chi connectivity index (χ4v) is 3.24. The summed E-state index contributed by atoms with van der Waals surface area (Å²) in [4.78, 5) is 12.0. The first-order chi connectivity index (χ1) is 11.3. The van der Waals surface area contributed by atoms with Crippen molar-refractivity contribution in [3.8, 4) is 5.75 Å². The van der Waals surface area contributed by atoms with Crippen molar-refractivity contribution in [3.63, 3.8) is 0 Å². The first-order valence-electron chi connectivity index (χ1n) is 7.33. The molecule has 2 rings (SSSR count). The number of rotatable bonds is 6. The number of benzene rings is 2. The van der Waals surface area contributed by atoms with Crippen LogP contribution in [-0.2, 0) is 14.8 Å². The standard InChI is InChI=1S/C17H20N2O4S/c1-12-6-4-5-7-15(12)19-17(20)11-18-24(21,22)14-8-9-16(23-3)13(2)10-14/h4-10,18H,11H2,1-3H3,(H,19,20). The summed E-state index contributed by atoms with van der Waals surface area (Å²) in [6.07, 6.45) is 0. The summed E-state index contributed by atoms with van der Waals surface area (Å²) in [5, 5.41) is 2.68. The van der Waals surface area contributed by atoms with Crippen molar-refractivity contribution < 1.29 is 17.9 Å². The number of hydrogen-bond donors (Lipinski definition) is 2. The van der Waals surface area contributed by atoms with Crippen LogP contribution in [0.15, 0.2) is 47.4 Å². The van der Waals surface area contributed by atoms with E-state index in [9.17, 15) is 13.2 Å². The molecule has 0 bridgehead atoms. The molecule has 0 saturated carbocycles. The summed E-state index contributed by atoms with van der Waals surface area (Å²) in [5.41, 5.74) is 2.26. The van der Waals surface area contributed by atoms with Gasteiger partial charge in [0.1, 0.15) is 5.75 Å². The van der Waals surface area contributed by atoms with Crippen molar-refractivity contribution in [2.75, 3.05) is 19.0 Å². The molecule has 0 saturated heterocycles. The summed E-state index contributed by atoms with van der Waals surface area (Å²) < 4.78 is 32.0. The highest BCUT2D eigenvalue weighted by Crippen LogP contribution is 2.21. The maximum Gasteiger partial charge on any atom is 0.241 e. The van der Waals surface area contributed by atoms with Crippen molar-refractivity contribution in [1.82, 2.24) is 4.72 Å². The van der Waals surface area contributed by atoms with Gasteiger partial charge in [0.2, 0.25) is 15.9 Å². The molecule has 1 amide bonds. The van der Waals surface area contributed by atoms with Gasteiger partial charge in [-0.1, -0.05) is 18.2 Å². The van der Waals surface area contributed by atoms with Crippen molar-refractivity contribution in [1.29, 1.82) is 0 Å². The zero-order valence-corrected chi connectivity index (χ0v) is 14.6. The third-order valence-corrected chi connectivity index (χ3v) is 4.92. The maximum atomic E-state index is 12.3. The molecule has 128 valence electrons. The van der Waals surface area contributed by atoms with E-state index in [0.717, 1.165) is 5.56 Å². The molecular weight excluding hydrogens is 328 g/mol.